The fraction of sp³-hybridized carbons (Fsp3) is 0.300. The van der Waals surface area contributed by atoms with Gasteiger partial charge in [-0.1, -0.05) is 0 Å². The molecule has 0 fully saturated rings. The molecular weight excluding hydrogens is 406 g/mol. The molecule has 4 nitrogen and oxygen atoms in total. The van der Waals surface area contributed by atoms with Gasteiger partial charge in [-0.3, -0.25) is 4.79 Å². The topological polar surface area (TPSA) is 63.2 Å². The summed E-state index contributed by atoms with van der Waals surface area (Å²) in [5.41, 5.74) is -0.723. The van der Waals surface area contributed by atoms with Crippen molar-refractivity contribution in [3.8, 4) is 0 Å². The van der Waals surface area contributed by atoms with Gasteiger partial charge in [0.2, 0.25) is 0 Å². The van der Waals surface area contributed by atoms with E-state index in [0.29, 0.717) is 12.1 Å². The third-order valence-corrected chi connectivity index (χ3v) is 4.50. The van der Waals surface area contributed by atoms with E-state index in [1.165, 1.54) is 0 Å². The van der Waals surface area contributed by atoms with Crippen molar-refractivity contribution in [3.05, 3.63) is 28.0 Å². The Morgan fingerprint density at radius 3 is 2.38 bits per heavy atom. The van der Waals surface area contributed by atoms with Crippen LogP contribution in [0.15, 0.2) is 21.5 Å². The minimum atomic E-state index is -4.48. The van der Waals surface area contributed by atoms with Crippen LogP contribution in [-0.2, 0) is 9.05 Å². The molecule has 0 heterocycles. The van der Waals surface area contributed by atoms with Crippen molar-refractivity contribution in [2.75, 3.05) is 6.54 Å². The van der Waals surface area contributed by atoms with Gasteiger partial charge in [0.1, 0.15) is 5.82 Å². The summed E-state index contributed by atoms with van der Waals surface area (Å²) in [6.07, 6.45) is -5.77. The molecule has 0 unspecified atom stereocenters. The fourth-order valence-corrected chi connectivity index (χ4v) is 3.47. The van der Waals surface area contributed by atoms with Crippen LogP contribution < -0.4 is 5.32 Å². The Bertz CT molecular complexity index is 663. The second-order valence-corrected chi connectivity index (χ2v) is 7.21. The van der Waals surface area contributed by atoms with Crippen LogP contribution in [0.25, 0.3) is 0 Å². The highest BCUT2D eigenvalue weighted by atomic mass is 79.9. The first-order valence-corrected chi connectivity index (χ1v) is 8.30. The molecule has 0 atom stereocenters. The number of benzene rings is 1. The molecule has 1 N–H and O–H groups in total. The van der Waals surface area contributed by atoms with Crippen LogP contribution in [0.5, 0.6) is 0 Å². The van der Waals surface area contributed by atoms with E-state index in [2.05, 4.69) is 15.9 Å². The zero-order valence-corrected chi connectivity index (χ0v) is 13.1. The molecule has 0 aliphatic carbocycles. The summed E-state index contributed by atoms with van der Waals surface area (Å²) >= 11 is 2.76. The third kappa shape index (κ3) is 5.44. The van der Waals surface area contributed by atoms with Gasteiger partial charge in [-0.2, -0.15) is 13.2 Å². The van der Waals surface area contributed by atoms with Crippen molar-refractivity contribution in [2.45, 2.75) is 17.5 Å². The molecule has 0 bridgehead atoms. The van der Waals surface area contributed by atoms with E-state index >= 15 is 0 Å². The highest BCUT2D eigenvalue weighted by Crippen LogP contribution is 2.28. The SMILES string of the molecule is O=C(NCCC(F)(F)F)c1cc(S(=O)(=O)Cl)c(Br)cc1F. The number of halogens is 6. The molecule has 0 aromatic heterocycles. The molecule has 21 heavy (non-hydrogen) atoms. The van der Waals surface area contributed by atoms with Crippen molar-refractivity contribution in [3.63, 3.8) is 0 Å². The molecule has 1 rings (SSSR count). The lowest BCUT2D eigenvalue weighted by Crippen LogP contribution is -2.28. The first-order valence-electron chi connectivity index (χ1n) is 5.20. The van der Waals surface area contributed by atoms with Crippen LogP contribution >= 0.6 is 26.6 Å². The van der Waals surface area contributed by atoms with Crippen LogP contribution in [-0.4, -0.2) is 27.0 Å². The smallest absolute Gasteiger partial charge is 0.352 e. The van der Waals surface area contributed by atoms with Crippen LogP contribution in [0.2, 0.25) is 0 Å². The number of carbonyl (C=O) groups is 1. The average Bonchev–Trinajstić information content (AvgIpc) is 2.24. The van der Waals surface area contributed by atoms with E-state index in [-0.39, 0.29) is 4.47 Å². The molecule has 0 saturated heterocycles. The van der Waals surface area contributed by atoms with Crippen molar-refractivity contribution < 1.29 is 30.8 Å². The van der Waals surface area contributed by atoms with Crippen LogP contribution in [0.3, 0.4) is 0 Å². The Labute approximate surface area is 130 Å². The van der Waals surface area contributed by atoms with Gasteiger partial charge in [0.25, 0.3) is 15.0 Å². The summed E-state index contributed by atoms with van der Waals surface area (Å²) in [4.78, 5) is 11.0. The summed E-state index contributed by atoms with van der Waals surface area (Å²) in [5.74, 6) is -2.28. The predicted octanol–water partition coefficient (Wildman–Crippen LogP) is 3.20. The van der Waals surface area contributed by atoms with Crippen molar-refractivity contribution in [1.82, 2.24) is 5.32 Å². The fourth-order valence-electron chi connectivity index (χ4n) is 1.30. The van der Waals surface area contributed by atoms with E-state index in [1.807, 2.05) is 5.32 Å². The maximum atomic E-state index is 13.6. The third-order valence-electron chi connectivity index (χ3n) is 2.22. The molecule has 11 heteroatoms. The second kappa shape index (κ2) is 6.49. The maximum Gasteiger partial charge on any atom is 0.390 e. The molecule has 118 valence electrons. The van der Waals surface area contributed by atoms with Gasteiger partial charge < -0.3 is 5.32 Å². The highest BCUT2D eigenvalue weighted by Gasteiger charge is 2.27. The van der Waals surface area contributed by atoms with E-state index in [9.17, 15) is 30.8 Å². The van der Waals surface area contributed by atoms with Crippen molar-refractivity contribution in [2.24, 2.45) is 0 Å². The number of hydrogen-bond acceptors (Lipinski definition) is 3. The van der Waals surface area contributed by atoms with Gasteiger partial charge in [0.05, 0.1) is 16.9 Å². The minimum absolute atomic E-state index is 0.207. The largest absolute Gasteiger partial charge is 0.390 e. The van der Waals surface area contributed by atoms with Gasteiger partial charge in [-0.15, -0.1) is 0 Å². The van der Waals surface area contributed by atoms with E-state index in [0.717, 1.165) is 0 Å². The molecular formula is C10H7BrClF4NO3S. The Hall–Kier alpha value is -0.870. The van der Waals surface area contributed by atoms with Crippen LogP contribution in [0.4, 0.5) is 17.6 Å². The number of carbonyl (C=O) groups excluding carboxylic acids is 1. The van der Waals surface area contributed by atoms with E-state index in [1.54, 1.807) is 0 Å². The Kier molecular flexibility index (Phi) is 5.62. The van der Waals surface area contributed by atoms with Gasteiger partial charge in [-0.25, -0.2) is 12.8 Å². The lowest BCUT2D eigenvalue weighted by Gasteiger charge is -2.10. The minimum Gasteiger partial charge on any atom is -0.352 e. The zero-order valence-electron chi connectivity index (χ0n) is 9.97. The second-order valence-electron chi connectivity index (χ2n) is 3.82. The number of rotatable bonds is 4. The lowest BCUT2D eigenvalue weighted by atomic mass is 10.2. The summed E-state index contributed by atoms with van der Waals surface area (Å²) in [6, 6.07) is 1.33. The monoisotopic (exact) mass is 411 g/mol. The summed E-state index contributed by atoms with van der Waals surface area (Å²) in [7, 11) is 0.845. The van der Waals surface area contributed by atoms with Gasteiger partial charge in [0.15, 0.2) is 0 Å². The predicted molar refractivity (Wildman–Crippen MR) is 70.1 cm³/mol. The number of nitrogens with one attached hydrogen (secondary N) is 1. The molecule has 1 aromatic carbocycles. The number of hydrogen-bond donors (Lipinski definition) is 1. The van der Waals surface area contributed by atoms with E-state index in [4.69, 9.17) is 10.7 Å². The Morgan fingerprint density at radius 1 is 1.33 bits per heavy atom. The van der Waals surface area contributed by atoms with E-state index < -0.39 is 50.4 Å². The summed E-state index contributed by atoms with van der Waals surface area (Å²) in [6.45, 7) is -0.763. The maximum absolute atomic E-state index is 13.6. The Morgan fingerprint density at radius 2 is 1.90 bits per heavy atom. The van der Waals surface area contributed by atoms with Crippen LogP contribution in [0.1, 0.15) is 16.8 Å². The standard InChI is InChI=1S/C10H7BrClF4NO3S/c11-6-4-7(13)5(3-8(6)21(12,19)20)9(18)17-2-1-10(14,15)16/h3-4H,1-2H2,(H,17,18). The molecule has 0 saturated carbocycles. The molecule has 1 amide bonds. The molecule has 0 aliphatic heterocycles. The molecule has 0 spiro atoms. The van der Waals surface area contributed by atoms with Crippen molar-refractivity contribution >= 4 is 41.6 Å². The molecule has 0 radical (unpaired) electrons. The summed E-state index contributed by atoms with van der Waals surface area (Å²) in [5, 5.41) is 1.84. The van der Waals surface area contributed by atoms with Crippen LogP contribution in [0, 0.1) is 5.82 Å². The van der Waals surface area contributed by atoms with Crippen molar-refractivity contribution in [1.29, 1.82) is 0 Å². The normalized spacial score (nSPS) is 12.3. The molecule has 0 aliphatic rings. The van der Waals surface area contributed by atoms with Gasteiger partial charge in [0, 0.05) is 21.7 Å². The Balaban J connectivity index is 3.00. The van der Waals surface area contributed by atoms with Gasteiger partial charge in [-0.05, 0) is 28.1 Å². The number of amides is 1. The highest BCUT2D eigenvalue weighted by molar-refractivity contribution is 9.10. The first-order chi connectivity index (χ1) is 9.42. The number of alkyl halides is 3. The zero-order chi connectivity index (χ0) is 16.4. The van der Waals surface area contributed by atoms with Gasteiger partial charge >= 0.3 is 6.18 Å². The molecule has 1 aromatic rings. The first kappa shape index (κ1) is 18.2. The summed E-state index contributed by atoms with van der Waals surface area (Å²) < 4.78 is 71.6. The average molecular weight is 413 g/mol. The lowest BCUT2D eigenvalue weighted by molar-refractivity contribution is -0.132. The quantitative estimate of drug-likeness (QED) is 0.610.